The summed E-state index contributed by atoms with van der Waals surface area (Å²) < 4.78 is 0. The van der Waals surface area contributed by atoms with Gasteiger partial charge in [-0.05, 0) is 30.7 Å². The molecule has 0 bridgehead atoms. The van der Waals surface area contributed by atoms with Crippen LogP contribution in [0.4, 0.5) is 5.69 Å². The van der Waals surface area contributed by atoms with Gasteiger partial charge in [0.25, 0.3) is 0 Å². The summed E-state index contributed by atoms with van der Waals surface area (Å²) in [6.07, 6.45) is 1.80. The van der Waals surface area contributed by atoms with Gasteiger partial charge >= 0.3 is 0 Å². The molecule has 0 spiro atoms. The average Bonchev–Trinajstić information content (AvgIpc) is 2.16. The number of anilines is 1. The number of rotatable bonds is 3. The van der Waals surface area contributed by atoms with Crippen LogP contribution < -0.4 is 5.32 Å². The standard InChI is InChI=1S/C11H12N2/c1-3-6-13-11-5-4-10(8-12)7-9(11)2/h3-5,7,13H,1,6H2,2H3. The van der Waals surface area contributed by atoms with E-state index in [0.717, 1.165) is 17.8 Å². The second-order valence-corrected chi connectivity index (χ2v) is 2.81. The molecule has 1 aromatic rings. The molecule has 1 aromatic carbocycles. The Hall–Kier alpha value is -1.75. The van der Waals surface area contributed by atoms with Crippen LogP contribution in [-0.4, -0.2) is 6.54 Å². The van der Waals surface area contributed by atoms with Gasteiger partial charge in [0.05, 0.1) is 11.6 Å². The highest BCUT2D eigenvalue weighted by Crippen LogP contribution is 2.15. The molecular formula is C11H12N2. The van der Waals surface area contributed by atoms with E-state index < -0.39 is 0 Å². The van der Waals surface area contributed by atoms with Crippen molar-refractivity contribution in [2.75, 3.05) is 11.9 Å². The molecule has 0 radical (unpaired) electrons. The van der Waals surface area contributed by atoms with E-state index in [2.05, 4.69) is 18.0 Å². The van der Waals surface area contributed by atoms with E-state index in [0.29, 0.717) is 5.56 Å². The number of aryl methyl sites for hydroxylation is 1. The highest BCUT2D eigenvalue weighted by atomic mass is 14.9. The fraction of sp³-hybridized carbons (Fsp3) is 0.182. The van der Waals surface area contributed by atoms with E-state index in [1.54, 1.807) is 12.1 Å². The molecule has 2 nitrogen and oxygen atoms in total. The van der Waals surface area contributed by atoms with Gasteiger partial charge in [0.2, 0.25) is 0 Å². The van der Waals surface area contributed by atoms with Gasteiger partial charge in [-0.25, -0.2) is 0 Å². The summed E-state index contributed by atoms with van der Waals surface area (Å²) in [4.78, 5) is 0. The predicted octanol–water partition coefficient (Wildman–Crippen LogP) is 2.46. The van der Waals surface area contributed by atoms with Gasteiger partial charge in [-0.15, -0.1) is 6.58 Å². The normalized spacial score (nSPS) is 8.92. The number of nitrogens with one attached hydrogen (secondary N) is 1. The van der Waals surface area contributed by atoms with Crippen molar-refractivity contribution < 1.29 is 0 Å². The van der Waals surface area contributed by atoms with E-state index >= 15 is 0 Å². The molecule has 66 valence electrons. The first-order valence-corrected chi connectivity index (χ1v) is 4.13. The highest BCUT2D eigenvalue weighted by Gasteiger charge is 1.97. The summed E-state index contributed by atoms with van der Waals surface area (Å²) in [5.74, 6) is 0. The summed E-state index contributed by atoms with van der Waals surface area (Å²) in [5.41, 5.74) is 2.83. The lowest BCUT2D eigenvalue weighted by Crippen LogP contribution is -1.99. The third-order valence-corrected chi connectivity index (χ3v) is 1.79. The molecule has 0 fully saturated rings. The van der Waals surface area contributed by atoms with Crippen LogP contribution in [0.15, 0.2) is 30.9 Å². The Kier molecular flexibility index (Phi) is 3.10. The highest BCUT2D eigenvalue weighted by molar-refractivity contribution is 5.54. The van der Waals surface area contributed by atoms with E-state index in [1.807, 2.05) is 19.1 Å². The third kappa shape index (κ3) is 2.34. The molecule has 0 aromatic heterocycles. The van der Waals surface area contributed by atoms with Crippen LogP contribution in [0.3, 0.4) is 0 Å². The van der Waals surface area contributed by atoms with Crippen molar-refractivity contribution in [2.24, 2.45) is 0 Å². The Bertz CT molecular complexity index is 348. The predicted molar refractivity (Wildman–Crippen MR) is 54.6 cm³/mol. The number of hydrogen-bond donors (Lipinski definition) is 1. The lowest BCUT2D eigenvalue weighted by Gasteiger charge is -2.06. The molecule has 0 atom stereocenters. The van der Waals surface area contributed by atoms with Crippen LogP contribution in [0.2, 0.25) is 0 Å². The Balaban J connectivity index is 2.86. The molecule has 1 rings (SSSR count). The average molecular weight is 172 g/mol. The van der Waals surface area contributed by atoms with Gasteiger partial charge in [0, 0.05) is 12.2 Å². The van der Waals surface area contributed by atoms with Gasteiger partial charge in [-0.3, -0.25) is 0 Å². The molecular weight excluding hydrogens is 160 g/mol. The van der Waals surface area contributed by atoms with Crippen molar-refractivity contribution in [3.8, 4) is 6.07 Å². The fourth-order valence-corrected chi connectivity index (χ4v) is 1.11. The van der Waals surface area contributed by atoms with Crippen molar-refractivity contribution in [2.45, 2.75) is 6.92 Å². The fourth-order valence-electron chi connectivity index (χ4n) is 1.11. The summed E-state index contributed by atoms with van der Waals surface area (Å²) in [6.45, 7) is 6.35. The number of benzene rings is 1. The van der Waals surface area contributed by atoms with Gasteiger partial charge < -0.3 is 5.32 Å². The first kappa shape index (κ1) is 9.34. The lowest BCUT2D eigenvalue weighted by molar-refractivity contribution is 1.30. The first-order chi connectivity index (χ1) is 6.27. The number of nitrogens with zero attached hydrogens (tertiary/aromatic N) is 1. The maximum Gasteiger partial charge on any atom is 0.0991 e. The van der Waals surface area contributed by atoms with Crippen molar-refractivity contribution in [1.82, 2.24) is 0 Å². The van der Waals surface area contributed by atoms with Crippen LogP contribution >= 0.6 is 0 Å². The Morgan fingerprint density at radius 1 is 1.62 bits per heavy atom. The topological polar surface area (TPSA) is 35.8 Å². The van der Waals surface area contributed by atoms with E-state index in [4.69, 9.17) is 5.26 Å². The zero-order chi connectivity index (χ0) is 9.68. The monoisotopic (exact) mass is 172 g/mol. The quantitative estimate of drug-likeness (QED) is 0.711. The summed E-state index contributed by atoms with van der Waals surface area (Å²) in [5, 5.41) is 11.8. The zero-order valence-corrected chi connectivity index (χ0v) is 7.67. The molecule has 0 aliphatic carbocycles. The minimum absolute atomic E-state index is 0.696. The van der Waals surface area contributed by atoms with Crippen molar-refractivity contribution in [1.29, 1.82) is 5.26 Å². The largest absolute Gasteiger partial charge is 0.381 e. The molecule has 0 aliphatic heterocycles. The second-order valence-electron chi connectivity index (χ2n) is 2.81. The van der Waals surface area contributed by atoms with Gasteiger partial charge in [0.1, 0.15) is 0 Å². The van der Waals surface area contributed by atoms with Crippen LogP contribution in [0.5, 0.6) is 0 Å². The van der Waals surface area contributed by atoms with Gasteiger partial charge in [-0.2, -0.15) is 5.26 Å². The summed E-state index contributed by atoms with van der Waals surface area (Å²) in [6, 6.07) is 7.69. The minimum Gasteiger partial charge on any atom is -0.381 e. The van der Waals surface area contributed by atoms with Crippen molar-refractivity contribution in [3.63, 3.8) is 0 Å². The maximum atomic E-state index is 8.64. The van der Waals surface area contributed by atoms with Crippen LogP contribution in [0, 0.1) is 18.3 Å². The molecule has 13 heavy (non-hydrogen) atoms. The maximum absolute atomic E-state index is 8.64. The third-order valence-electron chi connectivity index (χ3n) is 1.79. The molecule has 0 saturated heterocycles. The van der Waals surface area contributed by atoms with E-state index in [-0.39, 0.29) is 0 Å². The van der Waals surface area contributed by atoms with E-state index in [9.17, 15) is 0 Å². The SMILES string of the molecule is C=CCNc1ccc(C#N)cc1C. The first-order valence-electron chi connectivity index (χ1n) is 4.13. The molecule has 0 aliphatic rings. The molecule has 1 N–H and O–H groups in total. The van der Waals surface area contributed by atoms with Crippen LogP contribution in [0.25, 0.3) is 0 Å². The summed E-state index contributed by atoms with van der Waals surface area (Å²) in [7, 11) is 0. The lowest BCUT2D eigenvalue weighted by atomic mass is 10.1. The minimum atomic E-state index is 0.696. The van der Waals surface area contributed by atoms with Crippen LogP contribution in [0.1, 0.15) is 11.1 Å². The Morgan fingerprint density at radius 3 is 2.92 bits per heavy atom. The second kappa shape index (κ2) is 4.32. The molecule has 2 heteroatoms. The number of hydrogen-bond acceptors (Lipinski definition) is 2. The number of nitriles is 1. The van der Waals surface area contributed by atoms with Crippen molar-refractivity contribution >= 4 is 5.69 Å². The van der Waals surface area contributed by atoms with Crippen molar-refractivity contribution in [3.05, 3.63) is 42.0 Å². The van der Waals surface area contributed by atoms with Gasteiger partial charge in [0.15, 0.2) is 0 Å². The molecule has 0 amide bonds. The Labute approximate surface area is 78.5 Å². The smallest absolute Gasteiger partial charge is 0.0991 e. The zero-order valence-electron chi connectivity index (χ0n) is 7.67. The Morgan fingerprint density at radius 2 is 2.38 bits per heavy atom. The summed E-state index contributed by atoms with van der Waals surface area (Å²) >= 11 is 0. The van der Waals surface area contributed by atoms with Crippen LogP contribution in [-0.2, 0) is 0 Å². The molecule has 0 unspecified atom stereocenters. The molecule has 0 saturated carbocycles. The van der Waals surface area contributed by atoms with E-state index in [1.165, 1.54) is 0 Å². The molecule has 0 heterocycles. The van der Waals surface area contributed by atoms with Gasteiger partial charge in [-0.1, -0.05) is 6.08 Å².